The SMILES string of the molecule is Cc1ccc(C(=O)Nc2ncc3c(C(=O)N4CCC[C@H]4CN4CCCC4)cn(C(C)(C)C)c3n2)cc1. The fourth-order valence-corrected chi connectivity index (χ4v) is 5.34. The molecule has 2 aliphatic heterocycles. The van der Waals surface area contributed by atoms with E-state index in [1.807, 2.05) is 34.7 Å². The Morgan fingerprint density at radius 2 is 1.78 bits per heavy atom. The number of amides is 2. The standard InChI is InChI=1S/C28H36N6O2/c1-19-9-11-20(12-10-19)25(35)31-27-29-16-22-23(18-34(24(22)30-27)28(2,3)4)26(36)33-15-7-8-21(33)17-32-13-5-6-14-32/h9-12,16,18,21H,5-8,13-15,17H2,1-4H3,(H,29,30,31,35)/t21-/m0/s1. The average molecular weight is 489 g/mol. The predicted molar refractivity (Wildman–Crippen MR) is 141 cm³/mol. The van der Waals surface area contributed by atoms with Gasteiger partial charge in [-0.25, -0.2) is 4.98 Å². The first kappa shape index (κ1) is 24.4. The highest BCUT2D eigenvalue weighted by Gasteiger charge is 2.34. The van der Waals surface area contributed by atoms with Crippen molar-refractivity contribution in [3.05, 3.63) is 53.3 Å². The van der Waals surface area contributed by atoms with Crippen molar-refractivity contribution < 1.29 is 9.59 Å². The van der Waals surface area contributed by atoms with Crippen LogP contribution in [0.4, 0.5) is 5.95 Å². The Morgan fingerprint density at radius 3 is 2.47 bits per heavy atom. The number of aromatic nitrogens is 3. The van der Waals surface area contributed by atoms with Crippen LogP contribution in [0.25, 0.3) is 11.0 Å². The normalized spacial score (nSPS) is 18.8. The Hall–Kier alpha value is -3.26. The van der Waals surface area contributed by atoms with E-state index < -0.39 is 0 Å². The lowest BCUT2D eigenvalue weighted by Gasteiger charge is -2.28. The van der Waals surface area contributed by atoms with Gasteiger partial charge in [-0.3, -0.25) is 14.9 Å². The zero-order valence-electron chi connectivity index (χ0n) is 21.8. The van der Waals surface area contributed by atoms with Crippen molar-refractivity contribution >= 4 is 28.8 Å². The number of rotatable bonds is 5. The molecule has 2 amide bonds. The molecule has 1 atom stereocenters. The van der Waals surface area contributed by atoms with Crippen molar-refractivity contribution in [3.63, 3.8) is 0 Å². The number of hydrogen-bond donors (Lipinski definition) is 1. The number of fused-ring (bicyclic) bond motifs is 1. The Morgan fingerprint density at radius 1 is 1.06 bits per heavy atom. The lowest BCUT2D eigenvalue weighted by Crippen LogP contribution is -2.42. The molecule has 0 aliphatic carbocycles. The number of likely N-dealkylation sites (tertiary alicyclic amines) is 2. The van der Waals surface area contributed by atoms with Crippen LogP contribution >= 0.6 is 0 Å². The summed E-state index contributed by atoms with van der Waals surface area (Å²) in [7, 11) is 0. The summed E-state index contributed by atoms with van der Waals surface area (Å²) in [4.78, 5) is 40.2. The molecule has 5 rings (SSSR count). The molecule has 0 spiro atoms. The van der Waals surface area contributed by atoms with Crippen molar-refractivity contribution in [3.8, 4) is 0 Å². The van der Waals surface area contributed by atoms with Gasteiger partial charge in [-0.15, -0.1) is 0 Å². The molecule has 8 heteroatoms. The lowest BCUT2D eigenvalue weighted by atomic mass is 10.1. The first-order valence-electron chi connectivity index (χ1n) is 13.0. The van der Waals surface area contributed by atoms with Crippen molar-refractivity contribution in [2.24, 2.45) is 0 Å². The number of aryl methyl sites for hydroxylation is 1. The summed E-state index contributed by atoms with van der Waals surface area (Å²) in [6, 6.07) is 7.62. The van der Waals surface area contributed by atoms with Crippen LogP contribution in [-0.2, 0) is 5.54 Å². The van der Waals surface area contributed by atoms with Crippen LogP contribution < -0.4 is 5.32 Å². The smallest absolute Gasteiger partial charge is 0.258 e. The summed E-state index contributed by atoms with van der Waals surface area (Å²) in [5.74, 6) is 0.00910. The van der Waals surface area contributed by atoms with Crippen LogP contribution in [0.2, 0.25) is 0 Å². The molecule has 0 bridgehead atoms. The second kappa shape index (κ2) is 9.65. The lowest BCUT2D eigenvalue weighted by molar-refractivity contribution is 0.0710. The van der Waals surface area contributed by atoms with E-state index in [0.29, 0.717) is 16.8 Å². The molecule has 3 aromatic rings. The zero-order chi connectivity index (χ0) is 25.4. The molecule has 2 saturated heterocycles. The Balaban J connectivity index is 1.44. The molecule has 8 nitrogen and oxygen atoms in total. The van der Waals surface area contributed by atoms with Gasteiger partial charge in [-0.1, -0.05) is 17.7 Å². The number of hydrogen-bond acceptors (Lipinski definition) is 5. The summed E-state index contributed by atoms with van der Waals surface area (Å²) in [5.41, 5.74) is 2.61. The number of carbonyl (C=O) groups is 2. The summed E-state index contributed by atoms with van der Waals surface area (Å²) in [5, 5.41) is 3.53. The van der Waals surface area contributed by atoms with Crippen LogP contribution in [0.3, 0.4) is 0 Å². The topological polar surface area (TPSA) is 83.4 Å². The molecular weight excluding hydrogens is 452 g/mol. The van der Waals surface area contributed by atoms with E-state index in [1.165, 1.54) is 12.8 Å². The molecule has 0 radical (unpaired) electrons. The molecule has 190 valence electrons. The van der Waals surface area contributed by atoms with Crippen molar-refractivity contribution in [2.45, 2.75) is 65.0 Å². The highest BCUT2D eigenvalue weighted by molar-refractivity contribution is 6.07. The van der Waals surface area contributed by atoms with Gasteiger partial charge in [-0.05, 0) is 78.6 Å². The molecule has 0 unspecified atom stereocenters. The van der Waals surface area contributed by atoms with Crippen molar-refractivity contribution in [1.29, 1.82) is 0 Å². The summed E-state index contributed by atoms with van der Waals surface area (Å²) in [6.07, 6.45) is 8.17. The molecule has 2 fully saturated rings. The van der Waals surface area contributed by atoms with Gasteiger partial charge < -0.3 is 14.4 Å². The molecule has 36 heavy (non-hydrogen) atoms. The zero-order valence-corrected chi connectivity index (χ0v) is 21.8. The minimum absolute atomic E-state index is 0.0461. The minimum atomic E-state index is -0.302. The molecule has 1 aromatic carbocycles. The van der Waals surface area contributed by atoms with Crippen LogP contribution in [0.1, 0.15) is 72.7 Å². The minimum Gasteiger partial charge on any atom is -0.334 e. The average Bonchev–Trinajstić information content (AvgIpc) is 3.59. The maximum atomic E-state index is 13.8. The second-order valence-corrected chi connectivity index (χ2v) is 11.1. The van der Waals surface area contributed by atoms with E-state index in [0.717, 1.165) is 50.0 Å². The molecule has 2 aromatic heterocycles. The van der Waals surface area contributed by atoms with Gasteiger partial charge in [0.05, 0.1) is 10.9 Å². The molecular formula is C28H36N6O2. The molecule has 4 heterocycles. The van der Waals surface area contributed by atoms with Crippen LogP contribution in [0, 0.1) is 6.92 Å². The number of carbonyl (C=O) groups excluding carboxylic acids is 2. The number of benzene rings is 1. The van der Waals surface area contributed by atoms with Gasteiger partial charge in [0, 0.05) is 42.6 Å². The number of anilines is 1. The largest absolute Gasteiger partial charge is 0.334 e. The molecule has 2 aliphatic rings. The van der Waals surface area contributed by atoms with E-state index in [1.54, 1.807) is 18.3 Å². The van der Waals surface area contributed by atoms with Crippen molar-refractivity contribution in [1.82, 2.24) is 24.3 Å². The molecule has 0 saturated carbocycles. The van der Waals surface area contributed by atoms with Gasteiger partial charge >= 0.3 is 0 Å². The monoisotopic (exact) mass is 488 g/mol. The summed E-state index contributed by atoms with van der Waals surface area (Å²) < 4.78 is 2.02. The third kappa shape index (κ3) is 4.87. The first-order valence-corrected chi connectivity index (χ1v) is 13.0. The van der Waals surface area contributed by atoms with Crippen LogP contribution in [-0.4, -0.2) is 68.4 Å². The maximum absolute atomic E-state index is 13.8. The van der Waals surface area contributed by atoms with E-state index >= 15 is 0 Å². The number of nitrogens with one attached hydrogen (secondary N) is 1. The van der Waals surface area contributed by atoms with Crippen LogP contribution in [0.15, 0.2) is 36.7 Å². The van der Waals surface area contributed by atoms with E-state index in [2.05, 4.69) is 36.0 Å². The van der Waals surface area contributed by atoms with Gasteiger partial charge in [0.25, 0.3) is 11.8 Å². The fourth-order valence-electron chi connectivity index (χ4n) is 5.34. The summed E-state index contributed by atoms with van der Waals surface area (Å²) >= 11 is 0. The van der Waals surface area contributed by atoms with Gasteiger partial charge in [0.1, 0.15) is 5.65 Å². The van der Waals surface area contributed by atoms with E-state index in [-0.39, 0.29) is 29.3 Å². The highest BCUT2D eigenvalue weighted by Crippen LogP contribution is 2.30. The maximum Gasteiger partial charge on any atom is 0.258 e. The second-order valence-electron chi connectivity index (χ2n) is 11.1. The third-order valence-corrected chi connectivity index (χ3v) is 7.34. The molecule has 1 N–H and O–H groups in total. The van der Waals surface area contributed by atoms with E-state index in [9.17, 15) is 9.59 Å². The first-order chi connectivity index (χ1) is 17.2. The highest BCUT2D eigenvalue weighted by atomic mass is 16.2. The Kier molecular flexibility index (Phi) is 6.55. The Bertz CT molecular complexity index is 1270. The van der Waals surface area contributed by atoms with Gasteiger partial charge in [0.15, 0.2) is 0 Å². The number of nitrogens with zero attached hydrogens (tertiary/aromatic N) is 5. The van der Waals surface area contributed by atoms with Gasteiger partial charge in [-0.2, -0.15) is 4.98 Å². The van der Waals surface area contributed by atoms with Gasteiger partial charge in [0.2, 0.25) is 5.95 Å². The fraction of sp³-hybridized carbons (Fsp3) is 0.500. The third-order valence-electron chi connectivity index (χ3n) is 7.34. The van der Waals surface area contributed by atoms with E-state index in [4.69, 9.17) is 4.98 Å². The predicted octanol–water partition coefficient (Wildman–Crippen LogP) is 4.45. The van der Waals surface area contributed by atoms with Crippen molar-refractivity contribution in [2.75, 3.05) is 31.5 Å². The quantitative estimate of drug-likeness (QED) is 0.574. The summed E-state index contributed by atoms with van der Waals surface area (Å²) in [6.45, 7) is 12.2. The Labute approximate surface area is 212 Å². The van der Waals surface area contributed by atoms with Crippen LogP contribution in [0.5, 0.6) is 0 Å².